The number of pyridine rings is 1. The smallest absolute Gasteiger partial charge is 0.405 e. The number of hydrogen-bond acceptors (Lipinski definition) is 5. The van der Waals surface area contributed by atoms with Gasteiger partial charge in [-0.25, -0.2) is 9.78 Å². The Bertz CT molecular complexity index is 778. The van der Waals surface area contributed by atoms with Crippen molar-refractivity contribution in [2.24, 2.45) is 0 Å². The zero-order valence-electron chi connectivity index (χ0n) is 12.9. The molecular formula is C15H15ClN4O4. The minimum atomic E-state index is -1.12. The van der Waals surface area contributed by atoms with Crippen LogP contribution in [-0.4, -0.2) is 21.1 Å². The Hall–Kier alpha value is -2.87. The van der Waals surface area contributed by atoms with Gasteiger partial charge in [0.15, 0.2) is 0 Å². The maximum absolute atomic E-state index is 11.0. The predicted octanol–water partition coefficient (Wildman–Crippen LogP) is 3.89. The number of carbonyl (C=O) groups is 1. The monoisotopic (exact) mass is 350 g/mol. The number of benzene rings is 1. The summed E-state index contributed by atoms with van der Waals surface area (Å²) in [6.45, 7) is 3.46. The molecule has 0 fully saturated rings. The lowest BCUT2D eigenvalue weighted by molar-refractivity contribution is -0.384. The van der Waals surface area contributed by atoms with Crippen molar-refractivity contribution >= 4 is 34.9 Å². The third kappa shape index (κ3) is 4.11. The summed E-state index contributed by atoms with van der Waals surface area (Å²) >= 11 is 5.78. The van der Waals surface area contributed by atoms with Gasteiger partial charge in [-0.2, -0.15) is 0 Å². The number of anilines is 2. The molecule has 0 bridgehead atoms. The molecule has 126 valence electrons. The predicted molar refractivity (Wildman–Crippen MR) is 89.8 cm³/mol. The molecule has 2 aromatic rings. The topological polar surface area (TPSA) is 117 Å². The lowest BCUT2D eigenvalue weighted by Crippen LogP contribution is -2.39. The molecule has 0 atom stereocenters. The van der Waals surface area contributed by atoms with Gasteiger partial charge in [0, 0.05) is 11.8 Å². The van der Waals surface area contributed by atoms with Crippen molar-refractivity contribution in [3.63, 3.8) is 0 Å². The molecule has 0 aliphatic heterocycles. The molecule has 1 amide bonds. The lowest BCUT2D eigenvalue weighted by atomic mass is 9.94. The Morgan fingerprint density at radius 1 is 1.25 bits per heavy atom. The number of nitrogens with zero attached hydrogens (tertiary/aromatic N) is 2. The summed E-state index contributed by atoms with van der Waals surface area (Å²) in [7, 11) is 0. The highest BCUT2D eigenvalue weighted by Crippen LogP contribution is 2.28. The largest absolute Gasteiger partial charge is 0.465 e. The highest BCUT2D eigenvalue weighted by Gasteiger charge is 2.22. The third-order valence-corrected chi connectivity index (χ3v) is 3.54. The third-order valence-electron chi connectivity index (χ3n) is 3.33. The SMILES string of the molecule is CC(C)(NC(=O)O)c1ccc(Nc2nc(Cl)ccc2[N+](=O)[O-])cc1. The van der Waals surface area contributed by atoms with E-state index in [1.54, 1.807) is 38.1 Å². The summed E-state index contributed by atoms with van der Waals surface area (Å²) in [4.78, 5) is 25.2. The van der Waals surface area contributed by atoms with Crippen molar-refractivity contribution in [3.05, 3.63) is 57.2 Å². The Labute approximate surface area is 142 Å². The molecule has 0 aliphatic carbocycles. The van der Waals surface area contributed by atoms with Crippen LogP contribution >= 0.6 is 11.6 Å². The van der Waals surface area contributed by atoms with Gasteiger partial charge >= 0.3 is 11.8 Å². The first-order chi connectivity index (χ1) is 11.2. The molecule has 0 saturated carbocycles. The molecule has 0 unspecified atom stereocenters. The molecule has 24 heavy (non-hydrogen) atoms. The van der Waals surface area contributed by atoms with Crippen molar-refractivity contribution < 1.29 is 14.8 Å². The highest BCUT2D eigenvalue weighted by molar-refractivity contribution is 6.29. The van der Waals surface area contributed by atoms with Gasteiger partial charge in [0.25, 0.3) is 0 Å². The zero-order chi connectivity index (χ0) is 17.9. The first-order valence-electron chi connectivity index (χ1n) is 6.88. The van der Waals surface area contributed by atoms with Crippen LogP contribution in [0.25, 0.3) is 0 Å². The van der Waals surface area contributed by atoms with E-state index in [0.29, 0.717) is 5.69 Å². The molecule has 8 nitrogen and oxygen atoms in total. The Morgan fingerprint density at radius 3 is 2.42 bits per heavy atom. The fraction of sp³-hybridized carbons (Fsp3) is 0.200. The van der Waals surface area contributed by atoms with Crippen molar-refractivity contribution in [2.75, 3.05) is 5.32 Å². The minimum absolute atomic E-state index is 0.0307. The van der Waals surface area contributed by atoms with Crippen LogP contribution in [0, 0.1) is 10.1 Å². The molecule has 0 radical (unpaired) electrons. The maximum Gasteiger partial charge on any atom is 0.405 e. The van der Waals surface area contributed by atoms with Gasteiger partial charge in [-0.05, 0) is 37.6 Å². The van der Waals surface area contributed by atoms with Gasteiger partial charge in [0.05, 0.1) is 10.5 Å². The second kappa shape index (κ2) is 6.71. The quantitative estimate of drug-likeness (QED) is 0.427. The summed E-state index contributed by atoms with van der Waals surface area (Å²) in [5.74, 6) is 0.0307. The van der Waals surface area contributed by atoms with Crippen LogP contribution in [0.15, 0.2) is 36.4 Å². The minimum Gasteiger partial charge on any atom is -0.465 e. The lowest BCUT2D eigenvalue weighted by Gasteiger charge is -2.25. The average Bonchev–Trinajstić information content (AvgIpc) is 2.46. The molecular weight excluding hydrogens is 336 g/mol. The molecule has 1 heterocycles. The van der Waals surface area contributed by atoms with Gasteiger partial charge < -0.3 is 15.7 Å². The molecule has 3 N–H and O–H groups in total. The van der Waals surface area contributed by atoms with E-state index in [9.17, 15) is 14.9 Å². The number of rotatable bonds is 5. The molecule has 0 aliphatic rings. The van der Waals surface area contributed by atoms with Crippen LogP contribution in [0.2, 0.25) is 5.15 Å². The van der Waals surface area contributed by atoms with Crippen molar-refractivity contribution in [1.82, 2.24) is 10.3 Å². The second-order valence-electron chi connectivity index (χ2n) is 5.52. The van der Waals surface area contributed by atoms with Crippen molar-refractivity contribution in [3.8, 4) is 0 Å². The molecule has 1 aromatic heterocycles. The number of hydrogen-bond donors (Lipinski definition) is 3. The van der Waals surface area contributed by atoms with Crippen LogP contribution in [-0.2, 0) is 5.54 Å². The molecule has 2 rings (SSSR count). The van der Waals surface area contributed by atoms with E-state index in [2.05, 4.69) is 15.6 Å². The van der Waals surface area contributed by atoms with Gasteiger partial charge in [-0.15, -0.1) is 0 Å². The van der Waals surface area contributed by atoms with E-state index in [4.69, 9.17) is 16.7 Å². The van der Waals surface area contributed by atoms with E-state index in [-0.39, 0.29) is 16.7 Å². The Kier molecular flexibility index (Phi) is 4.89. The van der Waals surface area contributed by atoms with E-state index in [1.165, 1.54) is 12.1 Å². The van der Waals surface area contributed by atoms with Gasteiger partial charge in [0.2, 0.25) is 5.82 Å². The number of aromatic nitrogens is 1. The summed E-state index contributed by atoms with van der Waals surface area (Å²) in [5, 5.41) is 25.3. The summed E-state index contributed by atoms with van der Waals surface area (Å²) < 4.78 is 0. The summed E-state index contributed by atoms with van der Waals surface area (Å²) in [6.07, 6.45) is -1.12. The van der Waals surface area contributed by atoms with Gasteiger partial charge in [-0.3, -0.25) is 10.1 Å². The van der Waals surface area contributed by atoms with E-state index in [0.717, 1.165) is 5.56 Å². The number of halogens is 1. The van der Waals surface area contributed by atoms with Gasteiger partial charge in [0.1, 0.15) is 5.15 Å². The number of nitro groups is 1. The van der Waals surface area contributed by atoms with E-state index < -0.39 is 16.6 Å². The van der Waals surface area contributed by atoms with Crippen molar-refractivity contribution in [1.29, 1.82) is 0 Å². The first-order valence-corrected chi connectivity index (χ1v) is 7.26. The molecule has 0 saturated heterocycles. The maximum atomic E-state index is 11.0. The summed E-state index contributed by atoms with van der Waals surface area (Å²) in [5.41, 5.74) is 0.327. The van der Waals surface area contributed by atoms with Crippen LogP contribution < -0.4 is 10.6 Å². The van der Waals surface area contributed by atoms with Crippen LogP contribution in [0.1, 0.15) is 19.4 Å². The standard InChI is InChI=1S/C15H15ClN4O4/c1-15(2,19-14(21)22)9-3-5-10(6-4-9)17-13-11(20(23)24)7-8-12(16)18-13/h3-8,19H,1-2H3,(H,17,18)(H,21,22). The average molecular weight is 351 g/mol. The zero-order valence-corrected chi connectivity index (χ0v) is 13.7. The first kappa shape index (κ1) is 17.5. The highest BCUT2D eigenvalue weighted by atomic mass is 35.5. The fourth-order valence-electron chi connectivity index (χ4n) is 2.11. The van der Waals surface area contributed by atoms with Crippen LogP contribution in [0.4, 0.5) is 22.0 Å². The van der Waals surface area contributed by atoms with Crippen LogP contribution in [0.3, 0.4) is 0 Å². The Morgan fingerprint density at radius 2 is 1.88 bits per heavy atom. The van der Waals surface area contributed by atoms with Crippen LogP contribution in [0.5, 0.6) is 0 Å². The number of amides is 1. The fourth-order valence-corrected chi connectivity index (χ4v) is 2.26. The van der Waals surface area contributed by atoms with E-state index in [1.807, 2.05) is 0 Å². The normalized spacial score (nSPS) is 11.0. The molecule has 0 spiro atoms. The molecule has 1 aromatic carbocycles. The number of carboxylic acid groups (broad SMARTS) is 1. The van der Waals surface area contributed by atoms with Crippen molar-refractivity contribution in [2.45, 2.75) is 19.4 Å². The van der Waals surface area contributed by atoms with E-state index >= 15 is 0 Å². The second-order valence-corrected chi connectivity index (χ2v) is 5.90. The summed E-state index contributed by atoms with van der Waals surface area (Å²) in [6, 6.07) is 9.39. The number of nitrogens with one attached hydrogen (secondary N) is 2. The van der Waals surface area contributed by atoms with Gasteiger partial charge in [-0.1, -0.05) is 23.7 Å². The Balaban J connectivity index is 2.25. The molecule has 9 heteroatoms.